The topological polar surface area (TPSA) is 87.3 Å². The number of carbonyl (C=O) groups is 1. The van der Waals surface area contributed by atoms with E-state index in [9.17, 15) is 10.1 Å². The predicted molar refractivity (Wildman–Crippen MR) is 127 cm³/mol. The van der Waals surface area contributed by atoms with E-state index in [-0.39, 0.29) is 12.1 Å². The Balaban J connectivity index is 1.83. The minimum absolute atomic E-state index is 0.0176. The zero-order chi connectivity index (χ0) is 22.8. The lowest BCUT2D eigenvalue weighted by atomic mass is 10.1. The molecular formula is C25H25N3O3S. The second kappa shape index (κ2) is 11.7. The molecule has 164 valence electrons. The first-order chi connectivity index (χ1) is 15.6. The number of hydrogen-bond acceptors (Lipinski definition) is 6. The molecule has 0 bridgehead atoms. The van der Waals surface area contributed by atoms with Crippen LogP contribution in [0.5, 0.6) is 5.75 Å². The van der Waals surface area contributed by atoms with Crippen molar-refractivity contribution in [2.24, 2.45) is 0 Å². The SMILES string of the molecule is CCOc1ccc(N/C(SCc2ccccc2C)=C(/C#N)C(=O)NCc2ccco2)cc1. The standard InChI is InChI=1S/C25H25N3O3S/c1-3-30-21-12-10-20(11-13-21)28-25(32-17-19-8-5-4-7-18(19)2)23(15-26)24(29)27-16-22-9-6-14-31-22/h4-14,28H,3,16-17H2,1-2H3,(H,27,29)/b25-23+. The molecular weight excluding hydrogens is 422 g/mol. The summed E-state index contributed by atoms with van der Waals surface area (Å²) in [6.07, 6.45) is 1.54. The van der Waals surface area contributed by atoms with Crippen LogP contribution in [0.1, 0.15) is 23.8 Å². The summed E-state index contributed by atoms with van der Waals surface area (Å²) < 4.78 is 10.7. The molecule has 0 spiro atoms. The fourth-order valence-electron chi connectivity index (χ4n) is 2.90. The van der Waals surface area contributed by atoms with E-state index in [0.717, 1.165) is 22.6 Å². The van der Waals surface area contributed by atoms with Gasteiger partial charge in [-0.3, -0.25) is 4.79 Å². The maximum absolute atomic E-state index is 12.8. The van der Waals surface area contributed by atoms with Gasteiger partial charge in [0.15, 0.2) is 0 Å². The third-order valence-corrected chi connectivity index (χ3v) is 5.68. The van der Waals surface area contributed by atoms with Crippen LogP contribution < -0.4 is 15.4 Å². The smallest absolute Gasteiger partial charge is 0.265 e. The lowest BCUT2D eigenvalue weighted by Gasteiger charge is -2.14. The highest BCUT2D eigenvalue weighted by Crippen LogP contribution is 2.28. The number of hydrogen-bond donors (Lipinski definition) is 2. The van der Waals surface area contributed by atoms with Crippen molar-refractivity contribution in [3.8, 4) is 11.8 Å². The van der Waals surface area contributed by atoms with Gasteiger partial charge in [-0.05, 0) is 61.4 Å². The highest BCUT2D eigenvalue weighted by atomic mass is 32.2. The van der Waals surface area contributed by atoms with Gasteiger partial charge in [-0.15, -0.1) is 11.8 Å². The molecule has 3 aromatic rings. The highest BCUT2D eigenvalue weighted by Gasteiger charge is 2.17. The number of carbonyl (C=O) groups excluding carboxylic acids is 1. The van der Waals surface area contributed by atoms with Crippen LogP contribution in [-0.4, -0.2) is 12.5 Å². The van der Waals surface area contributed by atoms with Crippen molar-refractivity contribution in [1.82, 2.24) is 5.32 Å². The van der Waals surface area contributed by atoms with E-state index < -0.39 is 5.91 Å². The van der Waals surface area contributed by atoms with Crippen LogP contribution in [0, 0.1) is 18.3 Å². The van der Waals surface area contributed by atoms with Crippen molar-refractivity contribution in [3.05, 3.63) is 94.4 Å². The van der Waals surface area contributed by atoms with E-state index in [2.05, 4.69) is 16.7 Å². The largest absolute Gasteiger partial charge is 0.494 e. The van der Waals surface area contributed by atoms with Crippen LogP contribution in [0.3, 0.4) is 0 Å². The Bertz CT molecular complexity index is 1100. The Morgan fingerprint density at radius 2 is 1.91 bits per heavy atom. The van der Waals surface area contributed by atoms with Gasteiger partial charge in [-0.2, -0.15) is 5.26 Å². The number of furan rings is 1. The molecule has 0 radical (unpaired) electrons. The van der Waals surface area contributed by atoms with Crippen molar-refractivity contribution in [3.63, 3.8) is 0 Å². The van der Waals surface area contributed by atoms with Crippen molar-refractivity contribution < 1.29 is 13.9 Å². The van der Waals surface area contributed by atoms with Crippen LogP contribution >= 0.6 is 11.8 Å². The Labute approximate surface area is 192 Å². The Morgan fingerprint density at radius 3 is 2.56 bits per heavy atom. The number of aryl methyl sites for hydroxylation is 1. The minimum Gasteiger partial charge on any atom is -0.494 e. The van der Waals surface area contributed by atoms with E-state index >= 15 is 0 Å². The summed E-state index contributed by atoms with van der Waals surface area (Å²) >= 11 is 1.41. The molecule has 0 saturated carbocycles. The average Bonchev–Trinajstić information content (AvgIpc) is 3.32. The summed E-state index contributed by atoms with van der Waals surface area (Å²) in [6, 6.07) is 21.0. The van der Waals surface area contributed by atoms with Crippen molar-refractivity contribution in [2.45, 2.75) is 26.1 Å². The van der Waals surface area contributed by atoms with Gasteiger partial charge in [0.2, 0.25) is 0 Å². The van der Waals surface area contributed by atoms with Gasteiger partial charge >= 0.3 is 0 Å². The first-order valence-corrected chi connectivity index (χ1v) is 11.2. The third kappa shape index (κ3) is 6.43. The maximum Gasteiger partial charge on any atom is 0.265 e. The molecule has 0 atom stereocenters. The molecule has 1 amide bonds. The predicted octanol–water partition coefficient (Wildman–Crippen LogP) is 5.38. The van der Waals surface area contributed by atoms with Crippen LogP contribution in [0.25, 0.3) is 0 Å². The summed E-state index contributed by atoms with van der Waals surface area (Å²) in [5, 5.41) is 16.3. The zero-order valence-corrected chi connectivity index (χ0v) is 18.9. The second-order valence-corrected chi connectivity index (χ2v) is 7.86. The number of thioether (sulfide) groups is 1. The molecule has 32 heavy (non-hydrogen) atoms. The van der Waals surface area contributed by atoms with Crippen LogP contribution in [-0.2, 0) is 17.1 Å². The zero-order valence-electron chi connectivity index (χ0n) is 18.1. The maximum atomic E-state index is 12.8. The van der Waals surface area contributed by atoms with Crippen molar-refractivity contribution in [1.29, 1.82) is 5.26 Å². The van der Waals surface area contributed by atoms with Gasteiger partial charge in [0, 0.05) is 11.4 Å². The van der Waals surface area contributed by atoms with E-state index in [1.165, 1.54) is 11.8 Å². The number of amides is 1. The molecule has 0 aliphatic rings. The third-order valence-electron chi connectivity index (χ3n) is 4.63. The van der Waals surface area contributed by atoms with Gasteiger partial charge < -0.3 is 19.8 Å². The van der Waals surface area contributed by atoms with Crippen molar-refractivity contribution in [2.75, 3.05) is 11.9 Å². The molecule has 0 aliphatic heterocycles. The Kier molecular flexibility index (Phi) is 8.41. The fourth-order valence-corrected chi connectivity index (χ4v) is 4.00. The fraction of sp³-hybridized carbons (Fsp3) is 0.200. The normalized spacial score (nSPS) is 11.3. The molecule has 0 aliphatic carbocycles. The minimum atomic E-state index is -0.463. The molecule has 3 rings (SSSR count). The monoisotopic (exact) mass is 447 g/mol. The molecule has 0 unspecified atom stereocenters. The molecule has 1 heterocycles. The van der Waals surface area contributed by atoms with Crippen LogP contribution in [0.15, 0.2) is 81.9 Å². The number of nitriles is 1. The van der Waals surface area contributed by atoms with E-state index in [1.54, 1.807) is 18.4 Å². The summed E-state index contributed by atoms with van der Waals surface area (Å²) in [4.78, 5) is 12.8. The van der Waals surface area contributed by atoms with Crippen LogP contribution in [0.2, 0.25) is 0 Å². The molecule has 0 saturated heterocycles. The first-order valence-electron chi connectivity index (χ1n) is 10.2. The summed E-state index contributed by atoms with van der Waals surface area (Å²) in [7, 11) is 0. The quantitative estimate of drug-likeness (QED) is 0.320. The summed E-state index contributed by atoms with van der Waals surface area (Å²) in [5.74, 6) is 1.52. The second-order valence-electron chi connectivity index (χ2n) is 6.88. The number of benzene rings is 2. The van der Waals surface area contributed by atoms with Gasteiger partial charge in [-0.25, -0.2) is 0 Å². The lowest BCUT2D eigenvalue weighted by Crippen LogP contribution is -2.25. The lowest BCUT2D eigenvalue weighted by molar-refractivity contribution is -0.117. The number of rotatable bonds is 10. The number of ether oxygens (including phenoxy) is 1. The first kappa shape index (κ1) is 23.0. The molecule has 2 aromatic carbocycles. The summed E-state index contributed by atoms with van der Waals surface area (Å²) in [5.41, 5.74) is 3.06. The van der Waals surface area contributed by atoms with Gasteiger partial charge in [0.1, 0.15) is 23.2 Å². The van der Waals surface area contributed by atoms with E-state index in [0.29, 0.717) is 23.1 Å². The van der Waals surface area contributed by atoms with E-state index in [1.807, 2.05) is 62.4 Å². The van der Waals surface area contributed by atoms with Gasteiger partial charge in [0.05, 0.1) is 24.4 Å². The Morgan fingerprint density at radius 1 is 1.12 bits per heavy atom. The molecule has 0 fully saturated rings. The Hall–Kier alpha value is -3.63. The highest BCUT2D eigenvalue weighted by molar-refractivity contribution is 8.02. The molecule has 1 aromatic heterocycles. The summed E-state index contributed by atoms with van der Waals surface area (Å²) in [6.45, 7) is 4.75. The van der Waals surface area contributed by atoms with Gasteiger partial charge in [-0.1, -0.05) is 24.3 Å². The van der Waals surface area contributed by atoms with E-state index in [4.69, 9.17) is 9.15 Å². The van der Waals surface area contributed by atoms with Gasteiger partial charge in [0.25, 0.3) is 5.91 Å². The number of nitrogens with one attached hydrogen (secondary N) is 2. The number of nitrogens with zero attached hydrogens (tertiary/aromatic N) is 1. The number of anilines is 1. The molecule has 2 N–H and O–H groups in total. The molecule has 6 nitrogen and oxygen atoms in total. The van der Waals surface area contributed by atoms with Crippen LogP contribution in [0.4, 0.5) is 5.69 Å². The van der Waals surface area contributed by atoms with Crippen molar-refractivity contribution >= 4 is 23.4 Å². The molecule has 7 heteroatoms. The average molecular weight is 448 g/mol.